The van der Waals surface area contributed by atoms with Crippen molar-refractivity contribution in [2.75, 3.05) is 23.8 Å². The Labute approximate surface area is 131 Å². The minimum atomic E-state index is -0.327. The molecule has 2 N–H and O–H groups in total. The highest BCUT2D eigenvalue weighted by atomic mass is 16.5. The van der Waals surface area contributed by atoms with E-state index in [9.17, 15) is 4.79 Å². The molecule has 1 unspecified atom stereocenters. The molecule has 1 fully saturated rings. The molecule has 1 saturated carbocycles. The van der Waals surface area contributed by atoms with Crippen LogP contribution in [0.3, 0.4) is 0 Å². The number of hydrogen-bond donors (Lipinski definition) is 1. The van der Waals surface area contributed by atoms with Crippen LogP contribution >= 0.6 is 0 Å². The SMILES string of the molecule is CC(C(=O)OC1CCCCC1)N1CCOc2ccc(N)cc21. The lowest BCUT2D eigenvalue weighted by Crippen LogP contribution is -2.45. The number of rotatable bonds is 3. The van der Waals surface area contributed by atoms with Crippen LogP contribution in [0.4, 0.5) is 11.4 Å². The van der Waals surface area contributed by atoms with Crippen molar-refractivity contribution < 1.29 is 14.3 Å². The van der Waals surface area contributed by atoms with E-state index in [0.29, 0.717) is 18.8 Å². The van der Waals surface area contributed by atoms with Gasteiger partial charge in [-0.2, -0.15) is 0 Å². The molecule has 1 aromatic rings. The fraction of sp³-hybridized carbons (Fsp3) is 0.588. The molecule has 0 radical (unpaired) electrons. The van der Waals surface area contributed by atoms with E-state index in [4.69, 9.17) is 15.2 Å². The first kappa shape index (κ1) is 15.0. The van der Waals surface area contributed by atoms with Gasteiger partial charge in [-0.1, -0.05) is 6.42 Å². The highest BCUT2D eigenvalue weighted by Crippen LogP contribution is 2.35. The number of benzene rings is 1. The van der Waals surface area contributed by atoms with Gasteiger partial charge in [0.25, 0.3) is 0 Å². The molecule has 0 amide bonds. The maximum Gasteiger partial charge on any atom is 0.328 e. The molecule has 120 valence electrons. The molecule has 3 rings (SSSR count). The molecule has 0 aromatic heterocycles. The molecule has 0 spiro atoms. The van der Waals surface area contributed by atoms with Crippen molar-refractivity contribution in [3.05, 3.63) is 18.2 Å². The van der Waals surface area contributed by atoms with Gasteiger partial charge in [0.1, 0.15) is 24.5 Å². The number of fused-ring (bicyclic) bond motifs is 1. The van der Waals surface area contributed by atoms with Gasteiger partial charge in [0, 0.05) is 5.69 Å². The van der Waals surface area contributed by atoms with E-state index in [1.54, 1.807) is 0 Å². The zero-order valence-corrected chi connectivity index (χ0v) is 13.1. The number of carbonyl (C=O) groups is 1. The van der Waals surface area contributed by atoms with E-state index in [-0.39, 0.29) is 18.1 Å². The summed E-state index contributed by atoms with van der Waals surface area (Å²) in [6.45, 7) is 3.12. The maximum atomic E-state index is 12.5. The van der Waals surface area contributed by atoms with E-state index in [0.717, 1.165) is 37.1 Å². The molecule has 1 aliphatic carbocycles. The fourth-order valence-electron chi connectivity index (χ4n) is 3.23. The van der Waals surface area contributed by atoms with Crippen LogP contribution < -0.4 is 15.4 Å². The Bertz CT molecular complexity index is 541. The number of nitrogens with two attached hydrogens (primary N) is 1. The molecule has 1 aromatic carbocycles. The lowest BCUT2D eigenvalue weighted by Gasteiger charge is -2.35. The van der Waals surface area contributed by atoms with Gasteiger partial charge in [0.05, 0.1) is 12.2 Å². The summed E-state index contributed by atoms with van der Waals surface area (Å²) in [5.41, 5.74) is 7.41. The predicted octanol–water partition coefficient (Wildman–Crippen LogP) is 2.73. The third-order valence-electron chi connectivity index (χ3n) is 4.53. The zero-order chi connectivity index (χ0) is 15.5. The van der Waals surface area contributed by atoms with Gasteiger partial charge >= 0.3 is 5.97 Å². The molecule has 5 nitrogen and oxygen atoms in total. The molecule has 2 aliphatic rings. The summed E-state index contributed by atoms with van der Waals surface area (Å²) in [6.07, 6.45) is 5.63. The highest BCUT2D eigenvalue weighted by Gasteiger charge is 2.30. The molecule has 1 aliphatic heterocycles. The fourth-order valence-corrected chi connectivity index (χ4v) is 3.23. The molecular weight excluding hydrogens is 280 g/mol. The first-order chi connectivity index (χ1) is 10.6. The number of hydrogen-bond acceptors (Lipinski definition) is 5. The van der Waals surface area contributed by atoms with E-state index in [1.807, 2.05) is 30.0 Å². The molecule has 5 heteroatoms. The first-order valence-corrected chi connectivity index (χ1v) is 8.14. The average Bonchev–Trinajstić information content (AvgIpc) is 2.54. The lowest BCUT2D eigenvalue weighted by molar-refractivity contribution is -0.151. The summed E-state index contributed by atoms with van der Waals surface area (Å²) in [5, 5.41) is 0. The van der Waals surface area contributed by atoms with Gasteiger partial charge < -0.3 is 20.1 Å². The van der Waals surface area contributed by atoms with E-state index < -0.39 is 0 Å². The Morgan fingerprint density at radius 1 is 1.36 bits per heavy atom. The van der Waals surface area contributed by atoms with E-state index in [1.165, 1.54) is 6.42 Å². The normalized spacial score (nSPS) is 20.0. The Kier molecular flexibility index (Phi) is 4.41. The quantitative estimate of drug-likeness (QED) is 0.687. The zero-order valence-electron chi connectivity index (χ0n) is 13.1. The van der Waals surface area contributed by atoms with E-state index in [2.05, 4.69) is 0 Å². The van der Waals surface area contributed by atoms with Gasteiger partial charge in [-0.3, -0.25) is 0 Å². The first-order valence-electron chi connectivity index (χ1n) is 8.14. The van der Waals surface area contributed by atoms with E-state index >= 15 is 0 Å². The van der Waals surface area contributed by atoms with Crippen molar-refractivity contribution in [1.82, 2.24) is 0 Å². The summed E-state index contributed by atoms with van der Waals surface area (Å²) >= 11 is 0. The number of esters is 1. The van der Waals surface area contributed by atoms with Crippen LogP contribution in [0.2, 0.25) is 0 Å². The second-order valence-corrected chi connectivity index (χ2v) is 6.14. The van der Waals surface area contributed by atoms with Gasteiger partial charge in [-0.25, -0.2) is 4.79 Å². The van der Waals surface area contributed by atoms with Crippen LogP contribution in [0.1, 0.15) is 39.0 Å². The summed E-state index contributed by atoms with van der Waals surface area (Å²) in [6, 6.07) is 5.20. The Morgan fingerprint density at radius 2 is 2.14 bits per heavy atom. The van der Waals surface area contributed by atoms with Gasteiger partial charge in [-0.05, 0) is 50.8 Å². The summed E-state index contributed by atoms with van der Waals surface area (Å²) in [4.78, 5) is 14.5. The van der Waals surface area contributed by atoms with Gasteiger partial charge in [0.15, 0.2) is 0 Å². The van der Waals surface area contributed by atoms with Crippen LogP contribution in [0.5, 0.6) is 5.75 Å². The number of carbonyl (C=O) groups excluding carboxylic acids is 1. The van der Waals surface area contributed by atoms with Crippen molar-refractivity contribution >= 4 is 17.3 Å². The number of nitrogen functional groups attached to an aromatic ring is 1. The topological polar surface area (TPSA) is 64.8 Å². The van der Waals surface area contributed by atoms with Crippen LogP contribution in [0, 0.1) is 0 Å². The third kappa shape index (κ3) is 3.13. The molecule has 1 heterocycles. The Morgan fingerprint density at radius 3 is 2.91 bits per heavy atom. The standard InChI is InChI=1S/C17H24N2O3/c1-12(17(20)22-14-5-3-2-4-6-14)19-9-10-21-16-8-7-13(18)11-15(16)19/h7-8,11-12,14H,2-6,9-10,18H2,1H3. The van der Waals surface area contributed by atoms with Crippen molar-refractivity contribution in [2.24, 2.45) is 0 Å². The van der Waals surface area contributed by atoms with Crippen molar-refractivity contribution in [3.63, 3.8) is 0 Å². The van der Waals surface area contributed by atoms with Crippen LogP contribution in [-0.2, 0) is 9.53 Å². The largest absolute Gasteiger partial charge is 0.490 e. The molecular formula is C17H24N2O3. The Hall–Kier alpha value is -1.91. The number of anilines is 2. The maximum absolute atomic E-state index is 12.5. The summed E-state index contributed by atoms with van der Waals surface area (Å²) in [5.74, 6) is 0.625. The molecule has 0 saturated heterocycles. The number of nitrogens with zero attached hydrogens (tertiary/aromatic N) is 1. The average molecular weight is 304 g/mol. The highest BCUT2D eigenvalue weighted by molar-refractivity contribution is 5.81. The minimum absolute atomic E-state index is 0.0880. The van der Waals surface area contributed by atoms with Crippen LogP contribution in [-0.4, -0.2) is 31.3 Å². The molecule has 0 bridgehead atoms. The summed E-state index contributed by atoms with van der Waals surface area (Å²) < 4.78 is 11.3. The second-order valence-electron chi connectivity index (χ2n) is 6.14. The summed E-state index contributed by atoms with van der Waals surface area (Å²) in [7, 11) is 0. The second kappa shape index (κ2) is 6.46. The van der Waals surface area contributed by atoms with Crippen LogP contribution in [0.15, 0.2) is 18.2 Å². The lowest BCUT2D eigenvalue weighted by atomic mass is 9.98. The smallest absolute Gasteiger partial charge is 0.328 e. The Balaban J connectivity index is 1.71. The third-order valence-corrected chi connectivity index (χ3v) is 4.53. The van der Waals surface area contributed by atoms with Gasteiger partial charge in [-0.15, -0.1) is 0 Å². The van der Waals surface area contributed by atoms with Crippen molar-refractivity contribution in [3.8, 4) is 5.75 Å². The van der Waals surface area contributed by atoms with Crippen LogP contribution in [0.25, 0.3) is 0 Å². The monoisotopic (exact) mass is 304 g/mol. The minimum Gasteiger partial charge on any atom is -0.490 e. The molecule has 1 atom stereocenters. The van der Waals surface area contributed by atoms with Crippen molar-refractivity contribution in [1.29, 1.82) is 0 Å². The molecule has 22 heavy (non-hydrogen) atoms. The predicted molar refractivity (Wildman–Crippen MR) is 86.1 cm³/mol. The van der Waals surface area contributed by atoms with Crippen molar-refractivity contribution in [2.45, 2.75) is 51.2 Å². The van der Waals surface area contributed by atoms with Gasteiger partial charge in [0.2, 0.25) is 0 Å². The number of ether oxygens (including phenoxy) is 2.